The lowest BCUT2D eigenvalue weighted by Gasteiger charge is -2.50. The Morgan fingerprint density at radius 2 is 2.08 bits per heavy atom. The highest BCUT2D eigenvalue weighted by molar-refractivity contribution is 7.15. The smallest absolute Gasteiger partial charge is 0.325 e. The van der Waals surface area contributed by atoms with Crippen LogP contribution in [0, 0.1) is 30.1 Å². The number of aryl methyl sites for hydroxylation is 2. The molecule has 2 saturated carbocycles. The van der Waals surface area contributed by atoms with Gasteiger partial charge in [0.1, 0.15) is 11.5 Å². The Bertz CT molecular complexity index is 1120. The number of rotatable bonds is 6. The molecule has 1 amide bonds. The first kappa shape index (κ1) is 30.0. The Morgan fingerprint density at radius 3 is 2.71 bits per heavy atom. The van der Waals surface area contributed by atoms with E-state index in [1.54, 1.807) is 6.20 Å². The van der Waals surface area contributed by atoms with Gasteiger partial charge in [0, 0.05) is 22.9 Å². The zero-order valence-corrected chi connectivity index (χ0v) is 24.2. The third-order valence-corrected chi connectivity index (χ3v) is 9.25. The van der Waals surface area contributed by atoms with Crippen molar-refractivity contribution >= 4 is 34.6 Å². The van der Waals surface area contributed by atoms with Gasteiger partial charge in [0.15, 0.2) is 5.13 Å². The van der Waals surface area contributed by atoms with E-state index >= 15 is 0 Å². The molecule has 1 aromatic heterocycles. The van der Waals surface area contributed by atoms with Gasteiger partial charge in [-0.1, -0.05) is 40.2 Å². The van der Waals surface area contributed by atoms with Crippen molar-refractivity contribution in [3.8, 4) is 5.75 Å². The van der Waals surface area contributed by atoms with Crippen molar-refractivity contribution in [3.63, 3.8) is 0 Å². The highest BCUT2D eigenvalue weighted by atomic mass is 32.1. The summed E-state index contributed by atoms with van der Waals surface area (Å²) in [5, 5.41) is 3.11. The molecule has 8 heteroatoms. The van der Waals surface area contributed by atoms with Crippen molar-refractivity contribution in [3.05, 3.63) is 40.4 Å². The number of nitrogens with zero attached hydrogens (tertiary/aromatic N) is 1. The highest BCUT2D eigenvalue weighted by Crippen LogP contribution is 2.62. The fraction of sp³-hybridized carbons (Fsp3) is 0.600. The van der Waals surface area contributed by atoms with Crippen molar-refractivity contribution < 1.29 is 19.1 Å². The van der Waals surface area contributed by atoms with Crippen LogP contribution in [0.4, 0.5) is 5.13 Å². The molecule has 5 rings (SSSR count). The maximum absolute atomic E-state index is 12.9. The first-order valence-corrected chi connectivity index (χ1v) is 14.8. The van der Waals surface area contributed by atoms with E-state index in [0.29, 0.717) is 46.7 Å². The van der Waals surface area contributed by atoms with Gasteiger partial charge < -0.3 is 15.8 Å². The molecule has 38 heavy (non-hydrogen) atoms. The van der Waals surface area contributed by atoms with E-state index in [9.17, 15) is 14.4 Å². The van der Waals surface area contributed by atoms with Crippen LogP contribution in [0.5, 0.6) is 5.75 Å². The van der Waals surface area contributed by atoms with Gasteiger partial charge in [-0.05, 0) is 86.0 Å². The van der Waals surface area contributed by atoms with Crippen molar-refractivity contribution in [2.75, 3.05) is 11.9 Å². The molecule has 3 aliphatic carbocycles. The molecular weight excluding hydrogens is 498 g/mol. The number of ether oxygens (including phenoxy) is 1. The molecule has 2 fully saturated rings. The van der Waals surface area contributed by atoms with E-state index in [4.69, 9.17) is 10.5 Å². The normalized spacial score (nSPS) is 26.8. The number of amides is 1. The minimum atomic E-state index is -0.399. The molecule has 0 radical (unpaired) electrons. The average Bonchev–Trinajstić information content (AvgIpc) is 3.44. The largest absolute Gasteiger partial charge is 0.426 e. The van der Waals surface area contributed by atoms with E-state index in [1.807, 2.05) is 32.9 Å². The minimum absolute atomic E-state index is 0.102. The topological polar surface area (TPSA) is 111 Å². The fourth-order valence-corrected chi connectivity index (χ4v) is 7.59. The van der Waals surface area contributed by atoms with E-state index < -0.39 is 5.97 Å². The van der Waals surface area contributed by atoms with Crippen LogP contribution in [0.25, 0.3) is 0 Å². The summed E-state index contributed by atoms with van der Waals surface area (Å²) in [7, 11) is 0. The average molecular weight is 542 g/mol. The molecule has 1 heterocycles. The Balaban J connectivity index is 0.000000307. The number of hydrogen-bond donors (Lipinski definition) is 2. The molecule has 0 aliphatic heterocycles. The predicted octanol–water partition coefficient (Wildman–Crippen LogP) is 6.05. The first-order valence-electron chi connectivity index (χ1n) is 14.0. The van der Waals surface area contributed by atoms with Crippen LogP contribution in [-0.2, 0) is 20.8 Å². The van der Waals surface area contributed by atoms with Crippen LogP contribution in [0.2, 0.25) is 0 Å². The number of nitrogens with two attached hydrogens (primary N) is 1. The van der Waals surface area contributed by atoms with Gasteiger partial charge in [-0.15, -0.1) is 11.3 Å². The monoisotopic (exact) mass is 541 g/mol. The Hall–Kier alpha value is -2.58. The molecule has 5 atom stereocenters. The van der Waals surface area contributed by atoms with Crippen LogP contribution in [-0.4, -0.2) is 29.7 Å². The number of esters is 1. The second kappa shape index (κ2) is 13.5. The molecule has 0 spiro atoms. The summed E-state index contributed by atoms with van der Waals surface area (Å²) >= 11 is 1.46. The molecule has 0 saturated heterocycles. The molecule has 3 aliphatic rings. The summed E-state index contributed by atoms with van der Waals surface area (Å²) in [5.74, 6) is 2.96. The number of anilines is 1. The van der Waals surface area contributed by atoms with Gasteiger partial charge in [0.05, 0.1) is 6.54 Å². The molecule has 5 unspecified atom stereocenters. The molecule has 7 nitrogen and oxygen atoms in total. The number of Topliss-reactive ketones (excluding diaryl/α,β-unsaturated/α-hetero) is 1. The van der Waals surface area contributed by atoms with E-state index in [-0.39, 0.29) is 12.0 Å². The van der Waals surface area contributed by atoms with Gasteiger partial charge in [-0.25, -0.2) is 4.98 Å². The number of aromatic nitrogens is 1. The SMILES string of the molecule is CC.CCCC1CC(=O)C2(C)CCC3c4ccc(OC(=O)CN)cc4CCC3C12.Cc1cnc(NC=O)s1. The van der Waals surface area contributed by atoms with E-state index in [0.717, 1.165) is 43.4 Å². The Morgan fingerprint density at radius 1 is 1.32 bits per heavy atom. The standard InChI is InChI=1S/C23H31NO3.C5H6N2OS.C2H6/c1-3-4-15-12-20(25)23(2)10-9-18-17-8-6-16(27-21(26)13-24)11-14(17)5-7-19(18)22(15)23;1-4-2-6-5(9-4)7-3-8;1-2/h6,8,11,15,18-19,22H,3-5,7,9-10,12-13,24H2,1-2H3;2-3H,1H3,(H,6,7,8);1-2H3. The van der Waals surface area contributed by atoms with Crippen LogP contribution in [0.15, 0.2) is 24.4 Å². The van der Waals surface area contributed by atoms with Crippen molar-refractivity contribution in [1.82, 2.24) is 4.98 Å². The summed E-state index contributed by atoms with van der Waals surface area (Å²) in [5.41, 5.74) is 7.97. The van der Waals surface area contributed by atoms with Crippen LogP contribution < -0.4 is 15.8 Å². The maximum Gasteiger partial charge on any atom is 0.325 e. The number of ketones is 1. The quantitative estimate of drug-likeness (QED) is 0.262. The third kappa shape index (κ3) is 6.34. The second-order valence-corrected chi connectivity index (χ2v) is 11.8. The number of carbonyl (C=O) groups excluding carboxylic acids is 3. The summed E-state index contributed by atoms with van der Waals surface area (Å²) in [6, 6.07) is 6.09. The molecule has 0 bridgehead atoms. The second-order valence-electron chi connectivity index (χ2n) is 10.5. The van der Waals surface area contributed by atoms with E-state index in [1.165, 1.54) is 28.9 Å². The summed E-state index contributed by atoms with van der Waals surface area (Å²) in [6.07, 6.45) is 9.72. The zero-order chi connectivity index (χ0) is 27.9. The molecule has 3 N–H and O–H groups in total. The van der Waals surface area contributed by atoms with Crippen LogP contribution in [0.3, 0.4) is 0 Å². The first-order chi connectivity index (χ1) is 18.3. The Kier molecular flexibility index (Phi) is 10.6. The lowest BCUT2D eigenvalue weighted by Crippen LogP contribution is -2.44. The van der Waals surface area contributed by atoms with Gasteiger partial charge >= 0.3 is 5.97 Å². The summed E-state index contributed by atoms with van der Waals surface area (Å²) < 4.78 is 5.31. The van der Waals surface area contributed by atoms with Crippen LogP contribution >= 0.6 is 11.3 Å². The number of carbonyl (C=O) groups is 3. The molecule has 2 aromatic rings. The van der Waals surface area contributed by atoms with Crippen LogP contribution in [0.1, 0.15) is 88.1 Å². The lowest BCUT2D eigenvalue weighted by molar-refractivity contribution is -0.132. The molecule has 208 valence electrons. The number of thiazole rings is 1. The Labute approximate surface area is 230 Å². The third-order valence-electron chi connectivity index (χ3n) is 8.40. The summed E-state index contributed by atoms with van der Waals surface area (Å²) in [4.78, 5) is 39.2. The summed E-state index contributed by atoms with van der Waals surface area (Å²) in [6.45, 7) is 10.3. The number of benzene rings is 1. The fourth-order valence-electron chi connectivity index (χ4n) is 6.96. The predicted molar refractivity (Wildman–Crippen MR) is 152 cm³/mol. The minimum Gasteiger partial charge on any atom is -0.426 e. The van der Waals surface area contributed by atoms with E-state index in [2.05, 4.69) is 30.2 Å². The number of hydrogen-bond acceptors (Lipinski definition) is 7. The van der Waals surface area contributed by atoms with Gasteiger partial charge in [-0.2, -0.15) is 0 Å². The zero-order valence-electron chi connectivity index (χ0n) is 23.4. The maximum atomic E-state index is 12.9. The van der Waals surface area contributed by atoms with Gasteiger partial charge in [0.2, 0.25) is 6.41 Å². The molecular formula is C30H43N3O4S. The highest BCUT2D eigenvalue weighted by Gasteiger charge is 2.58. The van der Waals surface area contributed by atoms with Gasteiger partial charge in [-0.3, -0.25) is 14.4 Å². The van der Waals surface area contributed by atoms with Crippen molar-refractivity contribution in [1.29, 1.82) is 0 Å². The van der Waals surface area contributed by atoms with Crippen molar-refractivity contribution in [2.45, 2.75) is 85.5 Å². The number of nitrogens with one attached hydrogen (secondary N) is 1. The lowest BCUT2D eigenvalue weighted by atomic mass is 9.54. The number of fused-ring (bicyclic) bond motifs is 5. The molecule has 1 aromatic carbocycles. The van der Waals surface area contributed by atoms with Gasteiger partial charge in [0.25, 0.3) is 0 Å². The van der Waals surface area contributed by atoms with Crippen molar-refractivity contribution in [2.24, 2.45) is 28.9 Å².